The molecule has 4 aliphatic rings. The highest BCUT2D eigenvalue weighted by atomic mass is 16.4. The van der Waals surface area contributed by atoms with Gasteiger partial charge in [0.15, 0.2) is 5.78 Å². The largest absolute Gasteiger partial charge is 0.481 e. The molecule has 0 saturated heterocycles. The van der Waals surface area contributed by atoms with Crippen LogP contribution >= 0.6 is 0 Å². The van der Waals surface area contributed by atoms with Crippen molar-refractivity contribution < 1.29 is 24.6 Å². The van der Waals surface area contributed by atoms with Gasteiger partial charge in [0, 0.05) is 29.7 Å². The summed E-state index contributed by atoms with van der Waals surface area (Å²) in [5, 5.41) is 20.6. The van der Waals surface area contributed by atoms with E-state index >= 15 is 0 Å². The molecule has 4 aliphatic carbocycles. The van der Waals surface area contributed by atoms with Gasteiger partial charge in [-0.25, -0.2) is 0 Å². The van der Waals surface area contributed by atoms with E-state index in [1.165, 1.54) is 0 Å². The minimum atomic E-state index is -0.834. The van der Waals surface area contributed by atoms with E-state index in [0.29, 0.717) is 43.9 Å². The van der Waals surface area contributed by atoms with Gasteiger partial charge in [0.2, 0.25) is 0 Å². The zero-order chi connectivity index (χ0) is 25.2. The Hall–Kier alpha value is -1.75. The lowest BCUT2D eigenvalue weighted by Gasteiger charge is -2.55. The van der Waals surface area contributed by atoms with E-state index in [0.717, 1.165) is 36.0 Å². The lowest BCUT2D eigenvalue weighted by Crippen LogP contribution is -2.54. The number of carboxylic acid groups (broad SMARTS) is 1. The second kappa shape index (κ2) is 8.72. The van der Waals surface area contributed by atoms with Gasteiger partial charge in [0.05, 0.1) is 12.0 Å². The Morgan fingerprint density at radius 3 is 2.53 bits per heavy atom. The van der Waals surface area contributed by atoms with Crippen LogP contribution < -0.4 is 0 Å². The number of carboxylic acids is 1. The van der Waals surface area contributed by atoms with Gasteiger partial charge in [-0.15, -0.1) is 0 Å². The number of carbonyl (C=O) groups is 3. The van der Waals surface area contributed by atoms with Gasteiger partial charge in [-0.05, 0) is 80.1 Å². The summed E-state index contributed by atoms with van der Waals surface area (Å²) >= 11 is 0. The number of hydrogen-bond donors (Lipinski definition) is 2. The van der Waals surface area contributed by atoms with E-state index in [1.54, 1.807) is 6.92 Å². The number of aliphatic hydroxyl groups is 1. The minimum absolute atomic E-state index is 0.0363. The molecule has 4 rings (SSSR count). The summed E-state index contributed by atoms with van der Waals surface area (Å²) in [6.45, 7) is 14.3. The maximum absolute atomic E-state index is 13.8. The molecule has 0 radical (unpaired) electrons. The molecule has 0 aromatic rings. The molecule has 2 saturated carbocycles. The van der Waals surface area contributed by atoms with Crippen molar-refractivity contribution in [3.05, 3.63) is 23.3 Å². The third kappa shape index (κ3) is 3.73. The second-order valence-corrected chi connectivity index (χ2v) is 12.4. The highest BCUT2D eigenvalue weighted by Gasteiger charge is 2.61. The predicted octanol–water partition coefficient (Wildman–Crippen LogP) is 5.37. The molecule has 0 spiro atoms. The maximum atomic E-state index is 13.8. The molecule has 9 atom stereocenters. The molecule has 2 fully saturated rings. The molecular weight excluding hydrogens is 428 g/mol. The number of rotatable bonds is 6. The quantitative estimate of drug-likeness (QED) is 0.509. The fourth-order valence-electron chi connectivity index (χ4n) is 8.50. The smallest absolute Gasteiger partial charge is 0.310 e. The summed E-state index contributed by atoms with van der Waals surface area (Å²) in [4.78, 5) is 37.6. The highest BCUT2D eigenvalue weighted by molar-refractivity contribution is 6.00. The Morgan fingerprint density at radius 2 is 1.88 bits per heavy atom. The number of hydrogen-bond acceptors (Lipinski definition) is 4. The molecule has 0 amide bonds. The molecule has 2 N–H and O–H groups in total. The number of aliphatic hydroxyl groups excluding tert-OH is 1. The first-order valence-corrected chi connectivity index (χ1v) is 13.2. The van der Waals surface area contributed by atoms with Crippen molar-refractivity contribution in [1.82, 2.24) is 0 Å². The minimum Gasteiger partial charge on any atom is -0.481 e. The highest BCUT2D eigenvalue weighted by Crippen LogP contribution is 2.65. The van der Waals surface area contributed by atoms with Crippen molar-refractivity contribution in [2.45, 2.75) is 92.1 Å². The Morgan fingerprint density at radius 1 is 1.21 bits per heavy atom. The summed E-state index contributed by atoms with van der Waals surface area (Å²) < 4.78 is 0. The van der Waals surface area contributed by atoms with Crippen molar-refractivity contribution >= 4 is 17.5 Å². The summed E-state index contributed by atoms with van der Waals surface area (Å²) in [7, 11) is 0. The number of Topliss-reactive ketones (excluding diaryl/α,β-unsaturated/α-hetero) is 2. The SMILES string of the molecule is C=C(CC[C@@H](C)C1CCC2C3=C(C(=O)C[C@@]21C)[C@@]1(C)CCC(=O)[C@@H](C)C1C[C@@H]3O)C(C)C(=O)O. The molecule has 0 bridgehead atoms. The molecule has 0 heterocycles. The zero-order valence-corrected chi connectivity index (χ0v) is 21.5. The van der Waals surface area contributed by atoms with Gasteiger partial charge in [-0.3, -0.25) is 14.4 Å². The molecular formula is C29H42O5. The van der Waals surface area contributed by atoms with Crippen LogP contribution in [0.1, 0.15) is 86.0 Å². The third-order valence-corrected chi connectivity index (χ3v) is 10.7. The Balaban J connectivity index is 1.61. The van der Waals surface area contributed by atoms with E-state index in [1.807, 2.05) is 6.92 Å². The average molecular weight is 471 g/mol. The van der Waals surface area contributed by atoms with E-state index < -0.39 is 18.0 Å². The van der Waals surface area contributed by atoms with Crippen molar-refractivity contribution in [2.24, 2.45) is 46.3 Å². The fraction of sp³-hybridized carbons (Fsp3) is 0.759. The lowest BCUT2D eigenvalue weighted by molar-refractivity contribution is -0.140. The van der Waals surface area contributed by atoms with Crippen LogP contribution in [-0.2, 0) is 14.4 Å². The topological polar surface area (TPSA) is 91.7 Å². The van der Waals surface area contributed by atoms with Crippen molar-refractivity contribution in [1.29, 1.82) is 0 Å². The van der Waals surface area contributed by atoms with Gasteiger partial charge in [0.25, 0.3) is 0 Å². The lowest BCUT2D eigenvalue weighted by atomic mass is 9.48. The second-order valence-electron chi connectivity index (χ2n) is 12.4. The van der Waals surface area contributed by atoms with Gasteiger partial charge in [-0.2, -0.15) is 0 Å². The normalized spacial score (nSPS) is 41.4. The summed E-state index contributed by atoms with van der Waals surface area (Å²) in [5.74, 6) is -0.0967. The maximum Gasteiger partial charge on any atom is 0.310 e. The molecule has 4 unspecified atom stereocenters. The number of carbonyl (C=O) groups excluding carboxylic acids is 2. The number of allylic oxidation sites excluding steroid dienone is 1. The van der Waals surface area contributed by atoms with Crippen molar-refractivity contribution in [2.75, 3.05) is 0 Å². The van der Waals surface area contributed by atoms with Crippen molar-refractivity contribution in [3.8, 4) is 0 Å². The van der Waals surface area contributed by atoms with Gasteiger partial charge in [-0.1, -0.05) is 39.8 Å². The average Bonchev–Trinajstić information content (AvgIpc) is 3.11. The van der Waals surface area contributed by atoms with Crippen LogP contribution in [-0.4, -0.2) is 33.9 Å². The zero-order valence-electron chi connectivity index (χ0n) is 21.5. The van der Waals surface area contributed by atoms with Crippen LogP contribution in [0.5, 0.6) is 0 Å². The van der Waals surface area contributed by atoms with E-state index in [2.05, 4.69) is 27.4 Å². The molecule has 188 valence electrons. The standard InChI is InChI=1S/C29H42O5/c1-15(17(3)27(33)34)7-8-16(2)19-9-10-20-25-23(31)13-21-18(4)22(30)11-12-28(21,5)26(25)24(32)14-29(19,20)6/h16-21,23,31H,1,7-14H2,2-6H3,(H,33,34)/t16-,17?,18+,19?,20?,21?,23+,28+,29-/m1/s1. The molecule has 0 aromatic carbocycles. The number of fused-ring (bicyclic) bond motifs is 4. The monoisotopic (exact) mass is 470 g/mol. The predicted molar refractivity (Wildman–Crippen MR) is 131 cm³/mol. The Bertz CT molecular complexity index is 946. The molecule has 5 nitrogen and oxygen atoms in total. The van der Waals surface area contributed by atoms with Gasteiger partial charge >= 0.3 is 5.97 Å². The summed E-state index contributed by atoms with van der Waals surface area (Å²) in [5.41, 5.74) is 2.13. The van der Waals surface area contributed by atoms with Crippen LogP contribution in [0.2, 0.25) is 0 Å². The fourth-order valence-corrected chi connectivity index (χ4v) is 8.50. The first-order chi connectivity index (χ1) is 15.8. The number of ketones is 2. The number of aliphatic carboxylic acids is 1. The Kier molecular flexibility index (Phi) is 6.50. The summed E-state index contributed by atoms with van der Waals surface area (Å²) in [6, 6.07) is 0. The van der Waals surface area contributed by atoms with Gasteiger partial charge in [0.1, 0.15) is 5.78 Å². The molecule has 5 heteroatoms. The van der Waals surface area contributed by atoms with E-state index in [-0.39, 0.29) is 40.2 Å². The van der Waals surface area contributed by atoms with E-state index in [9.17, 15) is 24.6 Å². The third-order valence-electron chi connectivity index (χ3n) is 10.7. The van der Waals surface area contributed by atoms with E-state index in [4.69, 9.17) is 0 Å². The first kappa shape index (κ1) is 25.3. The van der Waals surface area contributed by atoms with Crippen LogP contribution in [0.15, 0.2) is 23.3 Å². The Labute approximate surface area is 204 Å². The van der Waals surface area contributed by atoms with Crippen molar-refractivity contribution in [3.63, 3.8) is 0 Å². The van der Waals surface area contributed by atoms with Crippen LogP contribution in [0.4, 0.5) is 0 Å². The molecule has 0 aromatic heterocycles. The molecule has 0 aliphatic heterocycles. The van der Waals surface area contributed by atoms with Crippen LogP contribution in [0, 0.1) is 46.3 Å². The van der Waals surface area contributed by atoms with Crippen LogP contribution in [0.3, 0.4) is 0 Å². The van der Waals surface area contributed by atoms with Gasteiger partial charge < -0.3 is 10.2 Å². The van der Waals surface area contributed by atoms with Crippen LogP contribution in [0.25, 0.3) is 0 Å². The first-order valence-electron chi connectivity index (χ1n) is 13.2. The summed E-state index contributed by atoms with van der Waals surface area (Å²) in [6.07, 6.45) is 5.24. The molecule has 34 heavy (non-hydrogen) atoms.